The molecule has 0 unspecified atom stereocenters. The number of hydrogen-bond acceptors (Lipinski definition) is 4. The lowest BCUT2D eigenvalue weighted by atomic mass is 9.90. The van der Waals surface area contributed by atoms with Crippen LogP contribution in [0.2, 0.25) is 0 Å². The predicted molar refractivity (Wildman–Crippen MR) is 74.7 cm³/mol. The first-order chi connectivity index (χ1) is 9.67. The fourth-order valence-electron chi connectivity index (χ4n) is 2.50. The van der Waals surface area contributed by atoms with Crippen LogP contribution in [0.3, 0.4) is 0 Å². The number of methoxy groups -OCH3 is 1. The van der Waals surface area contributed by atoms with Crippen molar-refractivity contribution in [2.75, 3.05) is 13.7 Å². The minimum atomic E-state index is -0.147. The number of aromatic hydroxyl groups is 2. The van der Waals surface area contributed by atoms with Gasteiger partial charge in [-0.05, 0) is 35.7 Å². The van der Waals surface area contributed by atoms with E-state index in [9.17, 15) is 10.2 Å². The quantitative estimate of drug-likeness (QED) is 0.825. The summed E-state index contributed by atoms with van der Waals surface area (Å²) in [4.78, 5) is 0. The van der Waals surface area contributed by atoms with E-state index in [2.05, 4.69) is 0 Å². The van der Waals surface area contributed by atoms with Gasteiger partial charge in [-0.2, -0.15) is 0 Å². The number of phenolic OH excluding ortho intramolecular Hbond substituents is 2. The molecule has 1 aliphatic rings. The zero-order valence-electron chi connectivity index (χ0n) is 11.2. The molecule has 4 nitrogen and oxygen atoms in total. The highest BCUT2D eigenvalue weighted by Gasteiger charge is 2.23. The van der Waals surface area contributed by atoms with Gasteiger partial charge >= 0.3 is 0 Å². The van der Waals surface area contributed by atoms with Crippen molar-refractivity contribution in [3.63, 3.8) is 0 Å². The second-order valence-corrected chi connectivity index (χ2v) is 4.93. The summed E-state index contributed by atoms with van der Waals surface area (Å²) in [5.41, 5.74) is 2.08. The zero-order chi connectivity index (χ0) is 14.1. The first-order valence-electron chi connectivity index (χ1n) is 6.49. The van der Waals surface area contributed by atoms with Crippen LogP contribution in [0.15, 0.2) is 36.4 Å². The molecule has 3 rings (SSSR count). The lowest BCUT2D eigenvalue weighted by molar-refractivity contribution is 0.259. The molecule has 0 radical (unpaired) electrons. The third-order valence-corrected chi connectivity index (χ3v) is 3.65. The maximum absolute atomic E-state index is 9.58. The summed E-state index contributed by atoms with van der Waals surface area (Å²) < 4.78 is 10.8. The van der Waals surface area contributed by atoms with Crippen molar-refractivity contribution in [2.24, 2.45) is 0 Å². The molecule has 0 saturated carbocycles. The topological polar surface area (TPSA) is 58.9 Å². The van der Waals surface area contributed by atoms with Gasteiger partial charge in [0.15, 0.2) is 11.5 Å². The summed E-state index contributed by atoms with van der Waals surface area (Å²) in [5, 5.41) is 19.1. The van der Waals surface area contributed by atoms with E-state index in [1.807, 2.05) is 24.3 Å². The standard InChI is InChI=1S/C16H16O4/c1-19-13-4-2-10(3-5-13)12-6-11-7-14(17)15(18)8-16(11)20-9-12/h2-5,7-8,12,17-18H,6,9H2,1H3/t12-/m1/s1. The first kappa shape index (κ1) is 12.7. The summed E-state index contributed by atoms with van der Waals surface area (Å²) in [6.45, 7) is 0.559. The van der Waals surface area contributed by atoms with Gasteiger partial charge in [0, 0.05) is 12.0 Å². The molecule has 0 aromatic heterocycles. The van der Waals surface area contributed by atoms with Crippen LogP contribution < -0.4 is 9.47 Å². The molecule has 0 aliphatic carbocycles. The molecule has 0 saturated heterocycles. The van der Waals surface area contributed by atoms with Crippen molar-refractivity contribution < 1.29 is 19.7 Å². The number of phenols is 2. The molecule has 2 aromatic carbocycles. The first-order valence-corrected chi connectivity index (χ1v) is 6.49. The SMILES string of the molecule is COc1ccc([C@H]2COc3cc(O)c(O)cc3C2)cc1. The van der Waals surface area contributed by atoms with E-state index in [0.717, 1.165) is 17.7 Å². The number of benzene rings is 2. The van der Waals surface area contributed by atoms with Crippen molar-refractivity contribution >= 4 is 0 Å². The molecule has 1 aliphatic heterocycles. The number of fused-ring (bicyclic) bond motifs is 1. The van der Waals surface area contributed by atoms with Crippen LogP contribution >= 0.6 is 0 Å². The van der Waals surface area contributed by atoms with E-state index in [0.29, 0.717) is 12.4 Å². The van der Waals surface area contributed by atoms with Gasteiger partial charge < -0.3 is 19.7 Å². The normalized spacial score (nSPS) is 17.1. The number of ether oxygens (including phenoxy) is 2. The summed E-state index contributed by atoms with van der Waals surface area (Å²) in [6, 6.07) is 10.9. The van der Waals surface area contributed by atoms with E-state index in [1.54, 1.807) is 13.2 Å². The second-order valence-electron chi connectivity index (χ2n) is 4.93. The monoisotopic (exact) mass is 272 g/mol. The van der Waals surface area contributed by atoms with Gasteiger partial charge in [0.2, 0.25) is 0 Å². The highest BCUT2D eigenvalue weighted by atomic mass is 16.5. The molecule has 1 heterocycles. The molecule has 2 aromatic rings. The summed E-state index contributed by atoms with van der Waals surface area (Å²) in [7, 11) is 1.64. The van der Waals surface area contributed by atoms with Crippen LogP contribution in [-0.2, 0) is 6.42 Å². The Morgan fingerprint density at radius 1 is 1.10 bits per heavy atom. The Balaban J connectivity index is 1.85. The van der Waals surface area contributed by atoms with Gasteiger partial charge in [0.1, 0.15) is 11.5 Å². The summed E-state index contributed by atoms with van der Waals surface area (Å²) >= 11 is 0. The van der Waals surface area contributed by atoms with E-state index in [1.165, 1.54) is 11.6 Å². The third-order valence-electron chi connectivity index (χ3n) is 3.65. The van der Waals surface area contributed by atoms with Crippen molar-refractivity contribution in [3.05, 3.63) is 47.5 Å². The van der Waals surface area contributed by atoms with E-state index < -0.39 is 0 Å². The third kappa shape index (κ3) is 2.25. The predicted octanol–water partition coefficient (Wildman–Crippen LogP) is 2.83. The molecule has 1 atom stereocenters. The Morgan fingerprint density at radius 3 is 2.50 bits per heavy atom. The van der Waals surface area contributed by atoms with Crippen molar-refractivity contribution in [2.45, 2.75) is 12.3 Å². The molecule has 0 spiro atoms. The Morgan fingerprint density at radius 2 is 1.80 bits per heavy atom. The van der Waals surface area contributed by atoms with Crippen molar-refractivity contribution in [1.29, 1.82) is 0 Å². The zero-order valence-corrected chi connectivity index (χ0v) is 11.2. The molecule has 0 fully saturated rings. The highest BCUT2D eigenvalue weighted by Crippen LogP contribution is 2.39. The fourth-order valence-corrected chi connectivity index (χ4v) is 2.50. The van der Waals surface area contributed by atoms with Gasteiger partial charge in [-0.3, -0.25) is 0 Å². The van der Waals surface area contributed by atoms with E-state index in [-0.39, 0.29) is 17.4 Å². The molecule has 0 bridgehead atoms. The minimum Gasteiger partial charge on any atom is -0.504 e. The Labute approximate surface area is 117 Å². The van der Waals surface area contributed by atoms with Gasteiger partial charge in [0.05, 0.1) is 13.7 Å². The van der Waals surface area contributed by atoms with Crippen LogP contribution in [-0.4, -0.2) is 23.9 Å². The van der Waals surface area contributed by atoms with Gasteiger partial charge in [0.25, 0.3) is 0 Å². The Kier molecular flexibility index (Phi) is 3.14. The average molecular weight is 272 g/mol. The number of rotatable bonds is 2. The molecular weight excluding hydrogens is 256 g/mol. The smallest absolute Gasteiger partial charge is 0.161 e. The minimum absolute atomic E-state index is 0.109. The molecular formula is C16H16O4. The largest absolute Gasteiger partial charge is 0.504 e. The van der Waals surface area contributed by atoms with Crippen molar-refractivity contribution in [3.8, 4) is 23.0 Å². The molecule has 2 N–H and O–H groups in total. The molecule has 104 valence electrons. The summed E-state index contributed by atoms with van der Waals surface area (Å²) in [6.07, 6.45) is 0.773. The van der Waals surface area contributed by atoms with Crippen LogP contribution in [0.25, 0.3) is 0 Å². The maximum Gasteiger partial charge on any atom is 0.161 e. The van der Waals surface area contributed by atoms with Crippen molar-refractivity contribution in [1.82, 2.24) is 0 Å². The highest BCUT2D eigenvalue weighted by molar-refractivity contribution is 5.50. The molecule has 4 heteroatoms. The fraction of sp³-hybridized carbons (Fsp3) is 0.250. The van der Waals surface area contributed by atoms with Gasteiger partial charge in [-0.15, -0.1) is 0 Å². The Hall–Kier alpha value is -2.36. The van der Waals surface area contributed by atoms with E-state index in [4.69, 9.17) is 9.47 Å². The van der Waals surface area contributed by atoms with Crippen LogP contribution in [0.4, 0.5) is 0 Å². The lowest BCUT2D eigenvalue weighted by Crippen LogP contribution is -2.19. The van der Waals surface area contributed by atoms with Crippen LogP contribution in [0, 0.1) is 0 Å². The average Bonchev–Trinajstić information content (AvgIpc) is 2.48. The second kappa shape index (κ2) is 4.96. The van der Waals surface area contributed by atoms with Crippen LogP contribution in [0.1, 0.15) is 17.0 Å². The van der Waals surface area contributed by atoms with Gasteiger partial charge in [-0.1, -0.05) is 12.1 Å². The maximum atomic E-state index is 9.58. The van der Waals surface area contributed by atoms with Gasteiger partial charge in [-0.25, -0.2) is 0 Å². The summed E-state index contributed by atoms with van der Waals surface area (Å²) in [5.74, 6) is 1.45. The number of hydrogen-bond donors (Lipinski definition) is 2. The lowest BCUT2D eigenvalue weighted by Gasteiger charge is -2.26. The Bertz CT molecular complexity index is 619. The molecule has 20 heavy (non-hydrogen) atoms. The van der Waals surface area contributed by atoms with Crippen LogP contribution in [0.5, 0.6) is 23.0 Å². The van der Waals surface area contributed by atoms with E-state index >= 15 is 0 Å². The molecule has 0 amide bonds.